The van der Waals surface area contributed by atoms with E-state index in [0.717, 1.165) is 50.1 Å². The van der Waals surface area contributed by atoms with Crippen molar-refractivity contribution in [2.45, 2.75) is 32.6 Å². The van der Waals surface area contributed by atoms with E-state index in [1.807, 2.05) is 24.3 Å². The summed E-state index contributed by atoms with van der Waals surface area (Å²) in [6.07, 6.45) is 4.09. The lowest BCUT2D eigenvalue weighted by molar-refractivity contribution is 0.0718. The summed E-state index contributed by atoms with van der Waals surface area (Å²) in [5.74, 6) is 1.08. The lowest BCUT2D eigenvalue weighted by Crippen LogP contribution is -2.45. The molecule has 3 nitrogen and oxygen atoms in total. The highest BCUT2D eigenvalue weighted by molar-refractivity contribution is 6.00. The van der Waals surface area contributed by atoms with Gasteiger partial charge in [0.05, 0.1) is 7.11 Å². The Bertz CT molecular complexity index is 413. The molecule has 19 heavy (non-hydrogen) atoms. The Balaban J connectivity index is 2.22. The molecular weight excluding hydrogens is 238 g/mol. The summed E-state index contributed by atoms with van der Waals surface area (Å²) in [6, 6.07) is 7.49. The molecule has 0 bridgehead atoms. The summed E-state index contributed by atoms with van der Waals surface area (Å²) in [5.41, 5.74) is 0.597. The van der Waals surface area contributed by atoms with Gasteiger partial charge in [-0.2, -0.15) is 0 Å². The van der Waals surface area contributed by atoms with E-state index < -0.39 is 0 Å². The summed E-state index contributed by atoms with van der Waals surface area (Å²) in [4.78, 5) is 12.8. The average molecular weight is 261 g/mol. The van der Waals surface area contributed by atoms with Crippen LogP contribution in [0.15, 0.2) is 24.3 Å². The highest BCUT2D eigenvalue weighted by atomic mass is 16.5. The number of carbonyl (C=O) groups is 1. The molecular formula is C16H23NO2. The molecule has 0 aliphatic carbocycles. The van der Waals surface area contributed by atoms with Crippen molar-refractivity contribution in [1.29, 1.82) is 0 Å². The molecule has 0 spiro atoms. The zero-order valence-corrected chi connectivity index (χ0v) is 11.9. The Labute approximate surface area is 115 Å². The number of ether oxygens (including phenoxy) is 1. The number of hydrogen-bond acceptors (Lipinski definition) is 3. The second-order valence-electron chi connectivity index (χ2n) is 5.37. The second-order valence-corrected chi connectivity index (χ2v) is 5.37. The standard InChI is InChI=1S/C16H23NO2/c1-3-9-16(10-4-11-17-12-16)15(18)13-5-7-14(19-2)8-6-13/h5-8,17H,3-4,9-12H2,1-2H3. The van der Waals surface area contributed by atoms with Crippen LogP contribution < -0.4 is 10.1 Å². The maximum atomic E-state index is 12.8. The number of benzene rings is 1. The van der Waals surface area contributed by atoms with Crippen LogP contribution in [0.3, 0.4) is 0 Å². The third-order valence-electron chi connectivity index (χ3n) is 4.03. The Kier molecular flexibility index (Phi) is 4.59. The fraction of sp³-hybridized carbons (Fsp3) is 0.562. The smallest absolute Gasteiger partial charge is 0.170 e. The molecule has 1 aliphatic heterocycles. The van der Waals surface area contributed by atoms with Gasteiger partial charge in [-0.15, -0.1) is 0 Å². The van der Waals surface area contributed by atoms with Gasteiger partial charge in [-0.05, 0) is 50.1 Å². The van der Waals surface area contributed by atoms with Crippen LogP contribution in [0.5, 0.6) is 5.75 Å². The first-order valence-corrected chi connectivity index (χ1v) is 7.11. The predicted molar refractivity (Wildman–Crippen MR) is 76.8 cm³/mol. The third kappa shape index (κ3) is 2.98. The monoisotopic (exact) mass is 261 g/mol. The van der Waals surface area contributed by atoms with E-state index in [9.17, 15) is 4.79 Å². The predicted octanol–water partition coefficient (Wildman–Crippen LogP) is 3.05. The summed E-state index contributed by atoms with van der Waals surface area (Å²) < 4.78 is 5.14. The van der Waals surface area contributed by atoms with Gasteiger partial charge in [0, 0.05) is 17.5 Å². The lowest BCUT2D eigenvalue weighted by Gasteiger charge is -2.36. The Hall–Kier alpha value is -1.35. The number of Topliss-reactive ketones (excluding diaryl/α,β-unsaturated/α-hetero) is 1. The van der Waals surface area contributed by atoms with E-state index >= 15 is 0 Å². The molecule has 1 atom stereocenters. The van der Waals surface area contributed by atoms with Crippen molar-refractivity contribution < 1.29 is 9.53 Å². The number of hydrogen-bond donors (Lipinski definition) is 1. The van der Waals surface area contributed by atoms with Crippen LogP contribution in [-0.2, 0) is 0 Å². The van der Waals surface area contributed by atoms with Gasteiger partial charge in [-0.1, -0.05) is 13.3 Å². The SMILES string of the molecule is CCCC1(C(=O)c2ccc(OC)cc2)CCCNC1. The van der Waals surface area contributed by atoms with Crippen LogP contribution >= 0.6 is 0 Å². The van der Waals surface area contributed by atoms with Crippen LogP contribution in [0.2, 0.25) is 0 Å². The molecule has 1 aromatic carbocycles. The van der Waals surface area contributed by atoms with Crippen molar-refractivity contribution in [3.8, 4) is 5.75 Å². The molecule has 0 amide bonds. The van der Waals surface area contributed by atoms with Crippen molar-refractivity contribution in [2.24, 2.45) is 5.41 Å². The fourth-order valence-electron chi connectivity index (χ4n) is 3.02. The average Bonchev–Trinajstić information content (AvgIpc) is 2.48. The molecule has 0 aromatic heterocycles. The first-order valence-electron chi connectivity index (χ1n) is 7.11. The number of ketones is 1. The first-order chi connectivity index (χ1) is 9.22. The molecule has 1 unspecified atom stereocenters. The zero-order chi connectivity index (χ0) is 13.7. The zero-order valence-electron chi connectivity index (χ0n) is 11.9. The van der Waals surface area contributed by atoms with E-state index in [1.165, 1.54) is 0 Å². The largest absolute Gasteiger partial charge is 0.497 e. The van der Waals surface area contributed by atoms with E-state index in [-0.39, 0.29) is 11.2 Å². The Morgan fingerprint density at radius 2 is 2.11 bits per heavy atom. The molecule has 0 radical (unpaired) electrons. The molecule has 1 N–H and O–H groups in total. The van der Waals surface area contributed by atoms with Gasteiger partial charge in [0.1, 0.15) is 5.75 Å². The number of nitrogens with one attached hydrogen (secondary N) is 1. The lowest BCUT2D eigenvalue weighted by atomic mass is 9.71. The van der Waals surface area contributed by atoms with Crippen molar-refractivity contribution in [2.75, 3.05) is 20.2 Å². The van der Waals surface area contributed by atoms with Crippen molar-refractivity contribution in [1.82, 2.24) is 5.32 Å². The van der Waals surface area contributed by atoms with Gasteiger partial charge in [0.2, 0.25) is 0 Å². The molecule has 3 heteroatoms. The van der Waals surface area contributed by atoms with Gasteiger partial charge < -0.3 is 10.1 Å². The van der Waals surface area contributed by atoms with Gasteiger partial charge in [-0.3, -0.25) is 4.79 Å². The summed E-state index contributed by atoms with van der Waals surface area (Å²) in [7, 11) is 1.64. The maximum absolute atomic E-state index is 12.8. The minimum Gasteiger partial charge on any atom is -0.497 e. The Morgan fingerprint density at radius 3 is 2.63 bits per heavy atom. The van der Waals surface area contributed by atoms with E-state index in [4.69, 9.17) is 4.74 Å². The van der Waals surface area contributed by atoms with Crippen LogP contribution in [0.4, 0.5) is 0 Å². The molecule has 1 fully saturated rings. The van der Waals surface area contributed by atoms with Crippen LogP contribution in [-0.4, -0.2) is 26.0 Å². The second kappa shape index (κ2) is 6.20. The number of rotatable bonds is 5. The minimum atomic E-state index is -0.207. The van der Waals surface area contributed by atoms with Crippen molar-refractivity contribution in [3.63, 3.8) is 0 Å². The number of carbonyl (C=O) groups excluding carboxylic acids is 1. The van der Waals surface area contributed by atoms with Crippen LogP contribution in [0.25, 0.3) is 0 Å². The first kappa shape index (κ1) is 14.1. The number of piperidine rings is 1. The number of methoxy groups -OCH3 is 1. The molecule has 2 rings (SSSR count). The molecule has 104 valence electrons. The molecule has 1 aliphatic rings. The Morgan fingerprint density at radius 1 is 1.37 bits per heavy atom. The normalized spacial score (nSPS) is 23.1. The van der Waals surface area contributed by atoms with Crippen LogP contribution in [0, 0.1) is 5.41 Å². The van der Waals surface area contributed by atoms with Gasteiger partial charge in [-0.25, -0.2) is 0 Å². The molecule has 1 saturated heterocycles. The summed E-state index contributed by atoms with van der Waals surface area (Å²) in [5, 5.41) is 3.39. The van der Waals surface area contributed by atoms with E-state index in [2.05, 4.69) is 12.2 Å². The van der Waals surface area contributed by atoms with Gasteiger partial charge >= 0.3 is 0 Å². The quantitative estimate of drug-likeness (QED) is 0.828. The molecule has 1 aromatic rings. The molecule has 0 saturated carbocycles. The fourth-order valence-corrected chi connectivity index (χ4v) is 3.02. The van der Waals surface area contributed by atoms with E-state index in [1.54, 1.807) is 7.11 Å². The highest BCUT2D eigenvalue weighted by Gasteiger charge is 2.38. The minimum absolute atomic E-state index is 0.207. The van der Waals surface area contributed by atoms with Crippen molar-refractivity contribution >= 4 is 5.78 Å². The van der Waals surface area contributed by atoms with Gasteiger partial charge in [0.25, 0.3) is 0 Å². The van der Waals surface area contributed by atoms with Crippen molar-refractivity contribution in [3.05, 3.63) is 29.8 Å². The third-order valence-corrected chi connectivity index (χ3v) is 4.03. The van der Waals surface area contributed by atoms with Gasteiger partial charge in [0.15, 0.2) is 5.78 Å². The highest BCUT2D eigenvalue weighted by Crippen LogP contribution is 2.35. The molecule has 1 heterocycles. The summed E-state index contributed by atoms with van der Waals surface area (Å²) in [6.45, 7) is 3.99. The summed E-state index contributed by atoms with van der Waals surface area (Å²) >= 11 is 0. The van der Waals surface area contributed by atoms with Crippen LogP contribution in [0.1, 0.15) is 43.0 Å². The topological polar surface area (TPSA) is 38.3 Å². The van der Waals surface area contributed by atoms with E-state index in [0.29, 0.717) is 0 Å². The maximum Gasteiger partial charge on any atom is 0.170 e.